The van der Waals surface area contributed by atoms with Gasteiger partial charge in [0.25, 0.3) is 0 Å². The Bertz CT molecular complexity index is 277. The number of rotatable bonds is 0. The van der Waals surface area contributed by atoms with Crippen molar-refractivity contribution in [3.63, 3.8) is 0 Å². The topological polar surface area (TPSA) is 17.1 Å². The summed E-state index contributed by atoms with van der Waals surface area (Å²) in [6.07, 6.45) is 5.55. The second-order valence-corrected chi connectivity index (χ2v) is 4.94. The molecule has 0 radical (unpaired) electrons. The highest BCUT2D eigenvalue weighted by Crippen LogP contribution is 2.48. The molecule has 0 amide bonds. The number of allylic oxidation sites excluding steroid dienone is 2. The maximum Gasteiger partial charge on any atom is 0.146 e. The van der Waals surface area contributed by atoms with E-state index in [2.05, 4.69) is 26.8 Å². The molecule has 1 fully saturated rings. The van der Waals surface area contributed by atoms with Crippen molar-refractivity contribution in [2.24, 2.45) is 17.3 Å². The third-order valence-electron chi connectivity index (χ3n) is 4.22. The second kappa shape index (κ2) is 2.70. The second-order valence-electron chi connectivity index (χ2n) is 4.94. The van der Waals surface area contributed by atoms with Gasteiger partial charge in [-0.25, -0.2) is 0 Å². The maximum atomic E-state index is 12.1. The van der Waals surface area contributed by atoms with Crippen LogP contribution in [0.15, 0.2) is 11.6 Å². The summed E-state index contributed by atoms with van der Waals surface area (Å²) in [5.41, 5.74) is 1.20. The van der Waals surface area contributed by atoms with Crippen LogP contribution in [0.2, 0.25) is 0 Å². The van der Waals surface area contributed by atoms with E-state index in [-0.39, 0.29) is 5.41 Å². The third-order valence-corrected chi connectivity index (χ3v) is 4.22. The van der Waals surface area contributed by atoms with Crippen LogP contribution in [0, 0.1) is 17.3 Å². The number of carbonyl (C=O) groups is 1. The molecule has 0 N–H and O–H groups in total. The number of ketones is 1. The Morgan fingerprint density at radius 3 is 2.92 bits per heavy atom. The van der Waals surface area contributed by atoms with Crippen molar-refractivity contribution in [3.8, 4) is 0 Å². The molecular weight excluding hydrogens is 160 g/mol. The average Bonchev–Trinajstić information content (AvgIpc) is 2.09. The molecule has 0 aromatic heterocycles. The van der Waals surface area contributed by atoms with E-state index < -0.39 is 0 Å². The van der Waals surface area contributed by atoms with Crippen molar-refractivity contribution in [2.45, 2.75) is 40.0 Å². The van der Waals surface area contributed by atoms with Crippen LogP contribution in [0.4, 0.5) is 0 Å². The summed E-state index contributed by atoms with van der Waals surface area (Å²) in [6.45, 7) is 6.46. The minimum Gasteiger partial charge on any atom is -0.298 e. The number of Topliss-reactive ketones (excluding diaryl/α,β-unsaturated/α-hetero) is 1. The monoisotopic (exact) mass is 178 g/mol. The Labute approximate surface area is 80.2 Å². The molecule has 0 unspecified atom stereocenters. The van der Waals surface area contributed by atoms with Crippen molar-refractivity contribution in [1.82, 2.24) is 0 Å². The number of hydrogen-bond donors (Lipinski definition) is 0. The van der Waals surface area contributed by atoms with Gasteiger partial charge in [0.05, 0.1) is 0 Å². The van der Waals surface area contributed by atoms with Gasteiger partial charge in [-0.2, -0.15) is 0 Å². The quantitative estimate of drug-likeness (QED) is 0.521. The molecule has 3 atom stereocenters. The van der Waals surface area contributed by atoms with Crippen molar-refractivity contribution < 1.29 is 4.79 Å². The molecule has 2 rings (SSSR count). The van der Waals surface area contributed by atoms with Crippen LogP contribution in [0.3, 0.4) is 0 Å². The summed E-state index contributed by atoms with van der Waals surface area (Å²) in [5.74, 6) is 1.43. The van der Waals surface area contributed by atoms with Crippen LogP contribution in [-0.2, 0) is 4.79 Å². The van der Waals surface area contributed by atoms with Gasteiger partial charge in [0, 0.05) is 11.3 Å². The SMILES string of the molecule is CC1=CC[C@@H]2C(=O)[C@@]1(C)CC[C@@H]2C. The molecule has 0 saturated heterocycles. The first-order chi connectivity index (χ1) is 6.05. The lowest BCUT2D eigenvalue weighted by atomic mass is 9.59. The average molecular weight is 178 g/mol. The van der Waals surface area contributed by atoms with E-state index in [0.29, 0.717) is 17.6 Å². The van der Waals surface area contributed by atoms with Gasteiger partial charge in [-0.15, -0.1) is 0 Å². The normalized spacial score (nSPS) is 44.5. The Kier molecular flexibility index (Phi) is 1.86. The summed E-state index contributed by atoms with van der Waals surface area (Å²) in [7, 11) is 0. The van der Waals surface area contributed by atoms with E-state index in [1.54, 1.807) is 0 Å². The predicted molar refractivity (Wildman–Crippen MR) is 53.4 cm³/mol. The summed E-state index contributed by atoms with van der Waals surface area (Å²) in [4.78, 5) is 12.1. The van der Waals surface area contributed by atoms with Crippen LogP contribution >= 0.6 is 0 Å². The zero-order valence-corrected chi connectivity index (χ0v) is 8.76. The van der Waals surface area contributed by atoms with E-state index in [4.69, 9.17) is 0 Å². The standard InChI is InChI=1S/C12H18O/c1-8-6-7-12(3)9(2)4-5-10(8)11(12)13/h4,8,10H,5-7H2,1-3H3/t8-,10-,12-/m0/s1. The third kappa shape index (κ3) is 1.09. The van der Waals surface area contributed by atoms with E-state index in [1.165, 1.54) is 12.0 Å². The molecule has 2 bridgehead atoms. The van der Waals surface area contributed by atoms with Gasteiger partial charge in [0.2, 0.25) is 0 Å². The fourth-order valence-electron chi connectivity index (χ4n) is 2.77. The molecular formula is C12H18O. The fraction of sp³-hybridized carbons (Fsp3) is 0.750. The molecule has 0 aromatic carbocycles. The lowest BCUT2D eigenvalue weighted by Gasteiger charge is -2.44. The summed E-state index contributed by atoms with van der Waals surface area (Å²) in [5, 5.41) is 0. The first kappa shape index (κ1) is 8.98. The van der Waals surface area contributed by atoms with E-state index >= 15 is 0 Å². The van der Waals surface area contributed by atoms with Gasteiger partial charge in [-0.05, 0) is 39.0 Å². The Balaban J connectivity index is 2.41. The lowest BCUT2D eigenvalue weighted by Crippen LogP contribution is -2.44. The Morgan fingerprint density at radius 2 is 2.23 bits per heavy atom. The van der Waals surface area contributed by atoms with Crippen LogP contribution in [0.1, 0.15) is 40.0 Å². The molecule has 1 nitrogen and oxygen atoms in total. The smallest absolute Gasteiger partial charge is 0.146 e. The van der Waals surface area contributed by atoms with E-state index in [9.17, 15) is 4.79 Å². The fourth-order valence-corrected chi connectivity index (χ4v) is 2.77. The molecule has 1 saturated carbocycles. The van der Waals surface area contributed by atoms with Gasteiger partial charge >= 0.3 is 0 Å². The first-order valence-corrected chi connectivity index (χ1v) is 5.27. The van der Waals surface area contributed by atoms with Gasteiger partial charge in [0.1, 0.15) is 5.78 Å². The highest BCUT2D eigenvalue weighted by atomic mass is 16.1. The number of carbonyl (C=O) groups excluding carboxylic acids is 1. The molecule has 0 spiro atoms. The zero-order chi connectivity index (χ0) is 9.64. The zero-order valence-electron chi connectivity index (χ0n) is 8.76. The van der Waals surface area contributed by atoms with Crippen LogP contribution < -0.4 is 0 Å². The van der Waals surface area contributed by atoms with Crippen molar-refractivity contribution >= 4 is 5.78 Å². The molecule has 0 aliphatic heterocycles. The van der Waals surface area contributed by atoms with Crippen molar-refractivity contribution in [3.05, 3.63) is 11.6 Å². The van der Waals surface area contributed by atoms with E-state index in [1.807, 2.05) is 0 Å². The van der Waals surface area contributed by atoms with Gasteiger partial charge in [0.15, 0.2) is 0 Å². The van der Waals surface area contributed by atoms with Gasteiger partial charge < -0.3 is 0 Å². The van der Waals surface area contributed by atoms with Crippen LogP contribution in [0.5, 0.6) is 0 Å². The summed E-state index contributed by atoms with van der Waals surface area (Å²) < 4.78 is 0. The molecule has 2 aliphatic rings. The first-order valence-electron chi connectivity index (χ1n) is 5.27. The lowest BCUT2D eigenvalue weighted by molar-refractivity contribution is -0.136. The molecule has 1 heteroatoms. The molecule has 2 aliphatic carbocycles. The summed E-state index contributed by atoms with van der Waals surface area (Å²) in [6, 6.07) is 0. The van der Waals surface area contributed by atoms with E-state index in [0.717, 1.165) is 12.8 Å². The van der Waals surface area contributed by atoms with Crippen molar-refractivity contribution in [2.75, 3.05) is 0 Å². The molecule has 72 valence electrons. The van der Waals surface area contributed by atoms with Gasteiger partial charge in [-0.1, -0.05) is 18.6 Å². The maximum absolute atomic E-state index is 12.1. The Morgan fingerprint density at radius 1 is 1.54 bits per heavy atom. The highest BCUT2D eigenvalue weighted by Gasteiger charge is 2.46. The highest BCUT2D eigenvalue weighted by molar-refractivity contribution is 5.91. The largest absolute Gasteiger partial charge is 0.298 e. The van der Waals surface area contributed by atoms with Crippen LogP contribution in [-0.4, -0.2) is 5.78 Å². The summed E-state index contributed by atoms with van der Waals surface area (Å²) >= 11 is 0. The Hall–Kier alpha value is -0.590. The predicted octanol–water partition coefficient (Wildman–Crippen LogP) is 2.96. The number of fused-ring (bicyclic) bond motifs is 2. The minimum atomic E-state index is -0.102. The molecule has 0 aromatic rings. The van der Waals surface area contributed by atoms with Crippen LogP contribution in [0.25, 0.3) is 0 Å². The molecule has 0 heterocycles. The number of hydrogen-bond acceptors (Lipinski definition) is 1. The van der Waals surface area contributed by atoms with Crippen molar-refractivity contribution in [1.29, 1.82) is 0 Å². The van der Waals surface area contributed by atoms with Gasteiger partial charge in [-0.3, -0.25) is 4.79 Å². The minimum absolute atomic E-state index is 0.102. The molecule has 13 heavy (non-hydrogen) atoms.